The van der Waals surface area contributed by atoms with Crippen LogP contribution in [0.1, 0.15) is 23.7 Å². The van der Waals surface area contributed by atoms with E-state index in [-0.39, 0.29) is 6.09 Å². The maximum atomic E-state index is 12.1. The van der Waals surface area contributed by atoms with Gasteiger partial charge in [-0.2, -0.15) is 0 Å². The van der Waals surface area contributed by atoms with E-state index in [2.05, 4.69) is 9.55 Å². The summed E-state index contributed by atoms with van der Waals surface area (Å²) in [5, 5.41) is 0. The Morgan fingerprint density at radius 3 is 2.90 bits per heavy atom. The van der Waals surface area contributed by atoms with Gasteiger partial charge in [0, 0.05) is 19.3 Å². The molecule has 0 spiro atoms. The predicted molar refractivity (Wildman–Crippen MR) is 78.8 cm³/mol. The number of aryl methyl sites for hydroxylation is 1. The van der Waals surface area contributed by atoms with Crippen molar-refractivity contribution >= 4 is 6.09 Å². The van der Waals surface area contributed by atoms with E-state index in [0.717, 1.165) is 24.2 Å². The number of amides is 1. The predicted octanol–water partition coefficient (Wildman–Crippen LogP) is 2.78. The van der Waals surface area contributed by atoms with Gasteiger partial charge in [0.05, 0.1) is 18.1 Å². The minimum Gasteiger partial charge on any atom is -0.445 e. The van der Waals surface area contributed by atoms with E-state index in [0.29, 0.717) is 19.2 Å². The molecule has 5 heteroatoms. The monoisotopic (exact) mass is 285 g/mol. The maximum absolute atomic E-state index is 12.1. The number of benzene rings is 1. The van der Waals surface area contributed by atoms with Crippen LogP contribution in [0, 0.1) is 6.92 Å². The third kappa shape index (κ3) is 3.24. The van der Waals surface area contributed by atoms with E-state index in [1.54, 1.807) is 4.90 Å². The zero-order valence-corrected chi connectivity index (χ0v) is 12.1. The number of carbonyl (C=O) groups is 1. The summed E-state index contributed by atoms with van der Waals surface area (Å²) >= 11 is 0. The lowest BCUT2D eigenvalue weighted by Gasteiger charge is -2.16. The van der Waals surface area contributed by atoms with Crippen molar-refractivity contribution in [2.45, 2.75) is 26.0 Å². The van der Waals surface area contributed by atoms with Gasteiger partial charge in [-0.3, -0.25) is 0 Å². The number of nitrogens with zero attached hydrogens (tertiary/aromatic N) is 3. The van der Waals surface area contributed by atoms with Crippen molar-refractivity contribution in [3.05, 3.63) is 54.1 Å². The molecule has 0 radical (unpaired) electrons. The van der Waals surface area contributed by atoms with Crippen molar-refractivity contribution in [2.24, 2.45) is 0 Å². The van der Waals surface area contributed by atoms with Gasteiger partial charge in [0.1, 0.15) is 6.61 Å². The number of aromatic nitrogens is 2. The molecule has 1 amide bonds. The molecule has 1 aliphatic rings. The molecule has 2 heterocycles. The molecule has 0 unspecified atom stereocenters. The smallest absolute Gasteiger partial charge is 0.410 e. The Balaban J connectivity index is 1.52. The van der Waals surface area contributed by atoms with Crippen LogP contribution in [0.5, 0.6) is 0 Å². The molecule has 0 bridgehead atoms. The zero-order valence-electron chi connectivity index (χ0n) is 12.1. The van der Waals surface area contributed by atoms with Crippen LogP contribution in [0.4, 0.5) is 4.79 Å². The number of likely N-dealkylation sites (tertiary alicyclic amines) is 1. The lowest BCUT2D eigenvalue weighted by atomic mass is 10.2. The first kappa shape index (κ1) is 13.7. The summed E-state index contributed by atoms with van der Waals surface area (Å²) in [5.74, 6) is 0. The highest BCUT2D eigenvalue weighted by atomic mass is 16.6. The summed E-state index contributed by atoms with van der Waals surface area (Å²) in [6, 6.07) is 10.0. The molecule has 0 aliphatic carbocycles. The van der Waals surface area contributed by atoms with Gasteiger partial charge in [-0.1, -0.05) is 30.3 Å². The molecule has 1 aliphatic heterocycles. The van der Waals surface area contributed by atoms with Crippen molar-refractivity contribution in [3.63, 3.8) is 0 Å². The van der Waals surface area contributed by atoms with Crippen LogP contribution in [0.25, 0.3) is 0 Å². The number of ether oxygens (including phenoxy) is 1. The summed E-state index contributed by atoms with van der Waals surface area (Å²) in [6.07, 6.45) is 4.55. The molecule has 1 aromatic heterocycles. The van der Waals surface area contributed by atoms with Crippen molar-refractivity contribution in [1.82, 2.24) is 14.5 Å². The summed E-state index contributed by atoms with van der Waals surface area (Å²) in [7, 11) is 0. The van der Waals surface area contributed by atoms with Gasteiger partial charge in [-0.25, -0.2) is 9.78 Å². The van der Waals surface area contributed by atoms with E-state index in [9.17, 15) is 4.79 Å². The van der Waals surface area contributed by atoms with Crippen molar-refractivity contribution in [2.75, 3.05) is 13.1 Å². The van der Waals surface area contributed by atoms with Crippen molar-refractivity contribution < 1.29 is 9.53 Å². The van der Waals surface area contributed by atoms with Crippen molar-refractivity contribution in [1.29, 1.82) is 0 Å². The molecule has 3 rings (SSSR count). The second-order valence-corrected chi connectivity index (χ2v) is 5.39. The van der Waals surface area contributed by atoms with E-state index < -0.39 is 0 Å². The number of carbonyl (C=O) groups excluding carboxylic acids is 1. The number of rotatable bonds is 3. The first-order valence-electron chi connectivity index (χ1n) is 7.18. The molecule has 2 aromatic rings. The summed E-state index contributed by atoms with van der Waals surface area (Å²) in [5.41, 5.74) is 2.01. The van der Waals surface area contributed by atoms with E-state index >= 15 is 0 Å². The summed E-state index contributed by atoms with van der Waals surface area (Å²) < 4.78 is 7.45. The standard InChI is InChI=1S/C16H19N3O2/c1-13-9-19(12-17-13)15-7-8-18(10-15)16(20)21-11-14-5-3-2-4-6-14/h2-6,9,12,15H,7-8,10-11H2,1H3/t15-/m1/s1. The van der Waals surface area contributed by atoms with Crippen LogP contribution in [0.15, 0.2) is 42.9 Å². The maximum Gasteiger partial charge on any atom is 0.410 e. The van der Waals surface area contributed by atoms with Crippen LogP contribution in [0.3, 0.4) is 0 Å². The molecule has 1 saturated heterocycles. The van der Waals surface area contributed by atoms with Gasteiger partial charge >= 0.3 is 6.09 Å². The normalized spacial score (nSPS) is 18.0. The fourth-order valence-corrected chi connectivity index (χ4v) is 2.60. The van der Waals surface area contributed by atoms with Crippen LogP contribution >= 0.6 is 0 Å². The van der Waals surface area contributed by atoms with E-state index in [1.165, 1.54) is 0 Å². The molecule has 0 saturated carbocycles. The minimum atomic E-state index is -0.238. The lowest BCUT2D eigenvalue weighted by molar-refractivity contribution is 0.103. The first-order valence-corrected chi connectivity index (χ1v) is 7.18. The highest BCUT2D eigenvalue weighted by molar-refractivity contribution is 5.68. The highest BCUT2D eigenvalue weighted by Gasteiger charge is 2.28. The third-order valence-electron chi connectivity index (χ3n) is 3.78. The Morgan fingerprint density at radius 1 is 1.38 bits per heavy atom. The fourth-order valence-electron chi connectivity index (χ4n) is 2.60. The molecule has 1 fully saturated rings. The van der Waals surface area contributed by atoms with Crippen molar-refractivity contribution in [3.8, 4) is 0 Å². The van der Waals surface area contributed by atoms with Gasteiger partial charge < -0.3 is 14.2 Å². The molecule has 110 valence electrons. The van der Waals surface area contributed by atoms with Gasteiger partial charge in [0.2, 0.25) is 0 Å². The largest absolute Gasteiger partial charge is 0.445 e. The van der Waals surface area contributed by atoms with Crippen LogP contribution < -0.4 is 0 Å². The van der Waals surface area contributed by atoms with E-state index in [4.69, 9.17) is 4.74 Å². The van der Waals surface area contributed by atoms with Crippen LogP contribution in [-0.2, 0) is 11.3 Å². The molecular weight excluding hydrogens is 266 g/mol. The summed E-state index contributed by atoms with van der Waals surface area (Å²) in [6.45, 7) is 3.71. The van der Waals surface area contributed by atoms with Gasteiger partial charge in [-0.15, -0.1) is 0 Å². The minimum absolute atomic E-state index is 0.238. The Morgan fingerprint density at radius 2 is 2.19 bits per heavy atom. The van der Waals surface area contributed by atoms with E-state index in [1.807, 2.05) is 49.8 Å². The molecule has 21 heavy (non-hydrogen) atoms. The Hall–Kier alpha value is -2.30. The molecule has 5 nitrogen and oxygen atoms in total. The number of hydrogen-bond donors (Lipinski definition) is 0. The quantitative estimate of drug-likeness (QED) is 0.871. The molecular formula is C16H19N3O2. The molecule has 0 N–H and O–H groups in total. The average Bonchev–Trinajstić information content (AvgIpc) is 3.14. The SMILES string of the molecule is Cc1cn([C@@H]2CCN(C(=O)OCc3ccccc3)C2)cn1. The Bertz CT molecular complexity index is 609. The summed E-state index contributed by atoms with van der Waals surface area (Å²) in [4.78, 5) is 18.1. The molecule has 1 aromatic carbocycles. The third-order valence-corrected chi connectivity index (χ3v) is 3.78. The lowest BCUT2D eigenvalue weighted by Crippen LogP contribution is -2.29. The topological polar surface area (TPSA) is 47.4 Å². The number of hydrogen-bond acceptors (Lipinski definition) is 3. The Labute approximate surface area is 124 Å². The zero-order chi connectivity index (χ0) is 14.7. The Kier molecular flexibility index (Phi) is 3.90. The molecule has 1 atom stereocenters. The van der Waals surface area contributed by atoms with Crippen LogP contribution in [-0.4, -0.2) is 33.6 Å². The second kappa shape index (κ2) is 5.99. The second-order valence-electron chi connectivity index (χ2n) is 5.39. The fraction of sp³-hybridized carbons (Fsp3) is 0.375. The van der Waals surface area contributed by atoms with Gasteiger partial charge in [-0.05, 0) is 18.9 Å². The van der Waals surface area contributed by atoms with Crippen LogP contribution in [0.2, 0.25) is 0 Å². The van der Waals surface area contributed by atoms with Gasteiger partial charge in [0.25, 0.3) is 0 Å². The van der Waals surface area contributed by atoms with Gasteiger partial charge in [0.15, 0.2) is 0 Å². The first-order chi connectivity index (χ1) is 10.2. The highest BCUT2D eigenvalue weighted by Crippen LogP contribution is 2.22. The average molecular weight is 285 g/mol. The number of imidazole rings is 1.